The molecule has 5 rings (SSSR count). The van der Waals surface area contributed by atoms with Crippen LogP contribution in [0.2, 0.25) is 0 Å². The number of fused-ring (bicyclic) bond motifs is 1. The molecule has 3 aromatic carbocycles. The first kappa shape index (κ1) is 36.3. The highest BCUT2D eigenvalue weighted by atomic mass is 32.2. The lowest BCUT2D eigenvalue weighted by atomic mass is 10.00. The van der Waals surface area contributed by atoms with E-state index in [9.17, 15) is 4.79 Å². The zero-order chi connectivity index (χ0) is 34.6. The molecule has 0 saturated heterocycles. The van der Waals surface area contributed by atoms with Gasteiger partial charge in [0, 0.05) is 65.7 Å². The number of carbonyl (C=O) groups is 1. The minimum absolute atomic E-state index is 0.0547. The van der Waals surface area contributed by atoms with Crippen LogP contribution in [0.3, 0.4) is 0 Å². The third-order valence-electron chi connectivity index (χ3n) is 8.41. The number of carbonyl (C=O) groups excluding carboxylic acids is 1. The summed E-state index contributed by atoms with van der Waals surface area (Å²) in [5, 5.41) is 3.16. The van der Waals surface area contributed by atoms with Crippen LogP contribution >= 0.6 is 11.8 Å². The highest BCUT2D eigenvalue weighted by Crippen LogP contribution is 2.34. The summed E-state index contributed by atoms with van der Waals surface area (Å²) >= 11 is 1.78. The zero-order valence-corrected chi connectivity index (χ0v) is 30.6. The number of thioether (sulfide) groups is 1. The minimum Gasteiger partial charge on any atom is -0.491 e. The van der Waals surface area contributed by atoms with Gasteiger partial charge in [-0.25, -0.2) is 4.98 Å². The van der Waals surface area contributed by atoms with Crippen LogP contribution < -0.4 is 15.0 Å². The summed E-state index contributed by atoms with van der Waals surface area (Å²) in [6.45, 7) is 15.7. The molecule has 0 aliphatic carbocycles. The van der Waals surface area contributed by atoms with Crippen LogP contribution in [0.25, 0.3) is 17.2 Å². The van der Waals surface area contributed by atoms with Gasteiger partial charge in [-0.1, -0.05) is 59.2 Å². The average Bonchev–Trinajstić information content (AvgIpc) is 3.44. The molecule has 0 atom stereocenters. The fraction of sp³-hybridized carbons (Fsp3) is 0.415. The quantitative estimate of drug-likeness (QED) is 0.0885. The SMILES string of the molecule is CCCCOCCOc1ccc(-c2ccc3c(c2)C=C(C(=O)Nc2ccc(SCc4cncn4CC(C)C)cc2)CCN3CC(C)C)cc1. The fourth-order valence-corrected chi connectivity index (χ4v) is 6.81. The maximum absolute atomic E-state index is 13.7. The van der Waals surface area contributed by atoms with Gasteiger partial charge in [0.15, 0.2) is 0 Å². The van der Waals surface area contributed by atoms with E-state index in [2.05, 4.69) is 103 Å². The largest absolute Gasteiger partial charge is 0.491 e. The second-order valence-electron chi connectivity index (χ2n) is 13.6. The number of aromatic nitrogens is 2. The van der Waals surface area contributed by atoms with Crippen molar-refractivity contribution in [3.05, 3.63) is 96.1 Å². The molecule has 7 nitrogen and oxygen atoms in total. The second kappa shape index (κ2) is 18.1. The highest BCUT2D eigenvalue weighted by Gasteiger charge is 2.21. The van der Waals surface area contributed by atoms with Crippen LogP contribution in [0, 0.1) is 11.8 Å². The van der Waals surface area contributed by atoms with Crippen molar-refractivity contribution in [3.8, 4) is 16.9 Å². The molecule has 49 heavy (non-hydrogen) atoms. The molecule has 0 fully saturated rings. The lowest BCUT2D eigenvalue weighted by Gasteiger charge is -2.27. The van der Waals surface area contributed by atoms with Crippen molar-refractivity contribution < 1.29 is 14.3 Å². The number of anilines is 2. The summed E-state index contributed by atoms with van der Waals surface area (Å²) in [4.78, 5) is 21.6. The van der Waals surface area contributed by atoms with Crippen molar-refractivity contribution in [1.82, 2.24) is 9.55 Å². The first-order valence-corrected chi connectivity index (χ1v) is 18.7. The predicted molar refractivity (Wildman–Crippen MR) is 204 cm³/mol. The van der Waals surface area contributed by atoms with Gasteiger partial charge in [0.05, 0.1) is 12.9 Å². The van der Waals surface area contributed by atoms with Gasteiger partial charge in [-0.05, 0) is 96.0 Å². The normalized spacial score (nSPS) is 13.0. The van der Waals surface area contributed by atoms with Crippen LogP contribution in [0.4, 0.5) is 11.4 Å². The van der Waals surface area contributed by atoms with E-state index in [1.807, 2.05) is 36.8 Å². The van der Waals surface area contributed by atoms with Crippen molar-refractivity contribution in [2.24, 2.45) is 11.8 Å². The second-order valence-corrected chi connectivity index (χ2v) is 14.6. The fourth-order valence-electron chi connectivity index (χ4n) is 5.92. The van der Waals surface area contributed by atoms with Gasteiger partial charge in [-0.15, -0.1) is 11.8 Å². The Hall–Kier alpha value is -4.01. The molecule has 1 aliphatic heterocycles. The monoisotopic (exact) mass is 680 g/mol. The molecule has 2 heterocycles. The Morgan fingerprint density at radius 1 is 0.918 bits per heavy atom. The van der Waals surface area contributed by atoms with E-state index in [4.69, 9.17) is 9.47 Å². The molecule has 1 amide bonds. The number of nitrogens with one attached hydrogen (secondary N) is 1. The summed E-state index contributed by atoms with van der Waals surface area (Å²) in [7, 11) is 0. The molecule has 0 unspecified atom stereocenters. The molecule has 1 N–H and O–H groups in total. The Bertz CT molecular complexity index is 1660. The smallest absolute Gasteiger partial charge is 0.251 e. The Balaban J connectivity index is 1.25. The molecule has 260 valence electrons. The maximum atomic E-state index is 13.7. The molecule has 4 aromatic rings. The Morgan fingerprint density at radius 2 is 1.67 bits per heavy atom. The van der Waals surface area contributed by atoms with Crippen molar-refractivity contribution in [2.45, 2.75) is 71.1 Å². The molecule has 1 aliphatic rings. The van der Waals surface area contributed by atoms with Gasteiger partial charge in [-0.3, -0.25) is 4.79 Å². The number of rotatable bonds is 17. The molecule has 0 bridgehead atoms. The zero-order valence-electron chi connectivity index (χ0n) is 29.8. The Kier molecular flexibility index (Phi) is 13.4. The van der Waals surface area contributed by atoms with Gasteiger partial charge >= 0.3 is 0 Å². The Morgan fingerprint density at radius 3 is 2.41 bits per heavy atom. The van der Waals surface area contributed by atoms with Crippen LogP contribution in [-0.4, -0.2) is 48.4 Å². The Labute approximate surface area is 297 Å². The topological polar surface area (TPSA) is 68.6 Å². The van der Waals surface area contributed by atoms with E-state index >= 15 is 0 Å². The van der Waals surface area contributed by atoms with Crippen molar-refractivity contribution >= 4 is 35.1 Å². The number of amides is 1. The number of hydrogen-bond donors (Lipinski definition) is 1. The number of ether oxygens (including phenoxy) is 2. The molecule has 0 saturated carbocycles. The van der Waals surface area contributed by atoms with Gasteiger partial charge in [0.1, 0.15) is 12.4 Å². The number of unbranched alkanes of at least 4 members (excludes halogenated alkanes) is 1. The van der Waals surface area contributed by atoms with Crippen molar-refractivity contribution in [2.75, 3.05) is 43.1 Å². The van der Waals surface area contributed by atoms with E-state index in [0.717, 1.165) is 83.4 Å². The van der Waals surface area contributed by atoms with Gasteiger partial charge < -0.3 is 24.3 Å². The van der Waals surface area contributed by atoms with Gasteiger partial charge in [0.25, 0.3) is 5.91 Å². The van der Waals surface area contributed by atoms with Crippen LogP contribution in [0.5, 0.6) is 5.75 Å². The molecule has 8 heteroatoms. The summed E-state index contributed by atoms with van der Waals surface area (Å²) in [5.41, 5.74) is 7.25. The van der Waals surface area contributed by atoms with E-state index in [0.29, 0.717) is 31.5 Å². The maximum Gasteiger partial charge on any atom is 0.251 e. The van der Waals surface area contributed by atoms with Crippen molar-refractivity contribution in [3.63, 3.8) is 0 Å². The summed E-state index contributed by atoms with van der Waals surface area (Å²) < 4.78 is 13.7. The van der Waals surface area contributed by atoms with Crippen LogP contribution in [0.1, 0.15) is 65.1 Å². The summed E-state index contributed by atoms with van der Waals surface area (Å²) in [5.74, 6) is 2.70. The number of imidazole rings is 1. The average molecular weight is 681 g/mol. The van der Waals surface area contributed by atoms with Crippen LogP contribution in [-0.2, 0) is 21.8 Å². The van der Waals surface area contributed by atoms with Gasteiger partial charge in [0.2, 0.25) is 0 Å². The lowest BCUT2D eigenvalue weighted by Crippen LogP contribution is -2.29. The number of nitrogens with zero attached hydrogens (tertiary/aromatic N) is 3. The minimum atomic E-state index is -0.0547. The molecule has 0 spiro atoms. The molecule has 1 aromatic heterocycles. The summed E-state index contributed by atoms with van der Waals surface area (Å²) in [6, 6.07) is 22.9. The summed E-state index contributed by atoms with van der Waals surface area (Å²) in [6.07, 6.45) is 8.83. The number of hydrogen-bond acceptors (Lipinski definition) is 6. The van der Waals surface area contributed by atoms with E-state index < -0.39 is 0 Å². The predicted octanol–water partition coefficient (Wildman–Crippen LogP) is 9.58. The lowest BCUT2D eigenvalue weighted by molar-refractivity contribution is -0.112. The van der Waals surface area contributed by atoms with Gasteiger partial charge in [-0.2, -0.15) is 0 Å². The van der Waals surface area contributed by atoms with E-state index in [-0.39, 0.29) is 5.91 Å². The van der Waals surface area contributed by atoms with E-state index in [1.54, 1.807) is 11.8 Å². The first-order valence-electron chi connectivity index (χ1n) is 17.7. The molecule has 0 radical (unpaired) electrons. The molecular formula is C41H52N4O3S. The van der Waals surface area contributed by atoms with Crippen molar-refractivity contribution in [1.29, 1.82) is 0 Å². The number of benzene rings is 3. The van der Waals surface area contributed by atoms with Crippen LogP contribution in [0.15, 0.2) is 89.7 Å². The highest BCUT2D eigenvalue weighted by molar-refractivity contribution is 7.98. The van der Waals surface area contributed by atoms with E-state index in [1.165, 1.54) is 11.4 Å². The molecular weight excluding hydrogens is 629 g/mol. The first-order chi connectivity index (χ1) is 23.8. The standard InChI is InChI=1S/C41H52N4O3S/c1-6-7-20-47-21-22-48-38-13-8-32(9-14-38)33-10-17-40-35(23-33)24-34(18-19-44(40)26-30(2)3)41(46)43-36-11-15-39(16-12-36)49-28-37-25-42-29-45(37)27-31(4)5/h8-17,23-25,29-31H,6-7,18-22,26-28H2,1-5H3,(H,43,46). The third kappa shape index (κ3) is 10.7. The third-order valence-corrected chi connectivity index (χ3v) is 9.46.